The second-order valence-corrected chi connectivity index (χ2v) is 8.33. The van der Waals surface area contributed by atoms with Crippen molar-refractivity contribution < 1.29 is 27.7 Å². The number of hydrogen-bond donors (Lipinski definition) is 2. The minimum atomic E-state index is -4.88. The topological polar surface area (TPSA) is 141 Å². The first-order valence-corrected chi connectivity index (χ1v) is 9.88. The lowest BCUT2D eigenvalue weighted by atomic mass is 10.1. The number of benzene rings is 1. The molecule has 1 aromatic carbocycles. The molecule has 1 heterocycles. The lowest BCUT2D eigenvalue weighted by molar-refractivity contribution is -0.385. The normalized spacial score (nSPS) is 11.2. The van der Waals surface area contributed by atoms with Gasteiger partial charge in [0.05, 0.1) is 27.7 Å². The summed E-state index contributed by atoms with van der Waals surface area (Å²) in [5.41, 5.74) is 2.36. The van der Waals surface area contributed by atoms with E-state index in [2.05, 4.69) is 15.5 Å². The van der Waals surface area contributed by atoms with Crippen molar-refractivity contribution >= 4 is 58.0 Å². The summed E-state index contributed by atoms with van der Waals surface area (Å²) in [7, 11) is 0. The van der Waals surface area contributed by atoms with Crippen LogP contribution in [-0.2, 0) is 15.8 Å². The van der Waals surface area contributed by atoms with Crippen molar-refractivity contribution in [2.24, 2.45) is 5.73 Å². The van der Waals surface area contributed by atoms with Gasteiger partial charge in [0, 0.05) is 12.1 Å². The van der Waals surface area contributed by atoms with Gasteiger partial charge in [0.25, 0.3) is 5.69 Å². The Kier molecular flexibility index (Phi) is 7.20. The number of nitrogens with zero attached hydrogens (tertiary/aromatic N) is 3. The number of rotatable bonds is 8. The standard InChI is InChI=1S/C13H10F3N5O4S3/c14-13(15,16)7-3-6(21(24)25)1-2-8(7)18-10(23)5-27-12-20-19-11(28-12)26-4-9(17)22/h1-3H,4-5H2,(H2,17,22)(H,18,23). The van der Waals surface area contributed by atoms with Gasteiger partial charge in [-0.25, -0.2) is 0 Å². The number of alkyl halides is 3. The zero-order valence-electron chi connectivity index (χ0n) is 13.6. The van der Waals surface area contributed by atoms with E-state index in [1.165, 1.54) is 0 Å². The molecule has 2 amide bonds. The molecular weight excluding hydrogens is 443 g/mol. The van der Waals surface area contributed by atoms with Crippen LogP contribution in [0.1, 0.15) is 5.56 Å². The fourth-order valence-corrected chi connectivity index (χ4v) is 4.31. The van der Waals surface area contributed by atoms with E-state index in [1.807, 2.05) is 0 Å². The monoisotopic (exact) mass is 453 g/mol. The van der Waals surface area contributed by atoms with Gasteiger partial charge in [-0.3, -0.25) is 19.7 Å². The minimum absolute atomic E-state index is 0.0140. The summed E-state index contributed by atoms with van der Waals surface area (Å²) < 4.78 is 40.1. The first-order chi connectivity index (χ1) is 13.1. The van der Waals surface area contributed by atoms with Crippen LogP contribution in [0.4, 0.5) is 24.5 Å². The summed E-state index contributed by atoms with van der Waals surface area (Å²) in [6.45, 7) is 0. The zero-order chi connectivity index (χ0) is 20.9. The summed E-state index contributed by atoms with van der Waals surface area (Å²) in [5, 5.41) is 20.3. The van der Waals surface area contributed by atoms with E-state index in [-0.39, 0.29) is 11.5 Å². The highest BCUT2D eigenvalue weighted by molar-refractivity contribution is 8.03. The Morgan fingerprint density at radius 3 is 2.36 bits per heavy atom. The Bertz CT molecular complexity index is 906. The Labute approximate surface area is 167 Å². The van der Waals surface area contributed by atoms with Crippen LogP contribution in [0.25, 0.3) is 0 Å². The quantitative estimate of drug-likeness (QED) is 0.353. The molecule has 0 radical (unpaired) electrons. The molecule has 150 valence electrons. The van der Waals surface area contributed by atoms with Gasteiger partial charge in [-0.15, -0.1) is 10.2 Å². The SMILES string of the molecule is NC(=O)CSc1nnc(SCC(=O)Nc2ccc([N+](=O)[O-])cc2C(F)(F)F)s1. The van der Waals surface area contributed by atoms with Gasteiger partial charge in [-0.05, 0) is 6.07 Å². The van der Waals surface area contributed by atoms with E-state index >= 15 is 0 Å². The summed E-state index contributed by atoms with van der Waals surface area (Å²) in [6, 6.07) is 2.05. The molecule has 0 spiro atoms. The summed E-state index contributed by atoms with van der Waals surface area (Å²) in [4.78, 5) is 32.4. The molecule has 0 saturated carbocycles. The van der Waals surface area contributed by atoms with Gasteiger partial charge in [0.2, 0.25) is 11.8 Å². The molecule has 0 aliphatic heterocycles. The number of halogens is 3. The van der Waals surface area contributed by atoms with Gasteiger partial charge < -0.3 is 11.1 Å². The van der Waals surface area contributed by atoms with Crippen LogP contribution in [0.2, 0.25) is 0 Å². The number of aromatic nitrogens is 2. The molecule has 1 aromatic heterocycles. The lowest BCUT2D eigenvalue weighted by Gasteiger charge is -2.13. The number of hydrogen-bond acceptors (Lipinski definition) is 9. The number of nitrogens with two attached hydrogens (primary N) is 1. The van der Waals surface area contributed by atoms with Crippen LogP contribution in [0.15, 0.2) is 26.9 Å². The molecule has 0 aliphatic rings. The van der Waals surface area contributed by atoms with Gasteiger partial charge >= 0.3 is 6.18 Å². The van der Waals surface area contributed by atoms with E-state index in [9.17, 15) is 32.9 Å². The van der Waals surface area contributed by atoms with Crippen molar-refractivity contribution in [1.29, 1.82) is 0 Å². The molecule has 2 rings (SSSR count). The van der Waals surface area contributed by atoms with E-state index in [0.717, 1.165) is 47.0 Å². The molecule has 9 nitrogen and oxygen atoms in total. The van der Waals surface area contributed by atoms with Crippen LogP contribution in [0.3, 0.4) is 0 Å². The van der Waals surface area contributed by atoms with Crippen molar-refractivity contribution in [2.45, 2.75) is 14.9 Å². The van der Waals surface area contributed by atoms with E-state index in [1.54, 1.807) is 0 Å². The van der Waals surface area contributed by atoms with Crippen molar-refractivity contribution in [3.8, 4) is 0 Å². The molecular formula is C13H10F3N5O4S3. The average molecular weight is 453 g/mol. The second-order valence-electron chi connectivity index (χ2n) is 4.91. The molecule has 0 fully saturated rings. The summed E-state index contributed by atoms with van der Waals surface area (Å²) in [5.74, 6) is -1.54. The number of amides is 2. The highest BCUT2D eigenvalue weighted by Gasteiger charge is 2.35. The number of nitro benzene ring substituents is 1. The molecule has 15 heteroatoms. The number of carbonyl (C=O) groups is 2. The number of carbonyl (C=O) groups excluding carboxylic acids is 2. The molecule has 3 N–H and O–H groups in total. The molecule has 0 atom stereocenters. The van der Waals surface area contributed by atoms with Crippen molar-refractivity contribution in [3.63, 3.8) is 0 Å². The maximum Gasteiger partial charge on any atom is 0.418 e. The largest absolute Gasteiger partial charge is 0.418 e. The number of non-ortho nitro benzene ring substituents is 1. The Balaban J connectivity index is 2.01. The number of primary amides is 1. The fourth-order valence-electron chi connectivity index (χ4n) is 1.75. The number of nitrogens with one attached hydrogen (secondary N) is 1. The van der Waals surface area contributed by atoms with E-state index in [4.69, 9.17) is 5.73 Å². The van der Waals surface area contributed by atoms with Crippen LogP contribution >= 0.6 is 34.9 Å². The first kappa shape index (κ1) is 21.9. The third-order valence-electron chi connectivity index (χ3n) is 2.85. The number of thioether (sulfide) groups is 2. The van der Waals surface area contributed by atoms with Crippen molar-refractivity contribution in [2.75, 3.05) is 16.8 Å². The van der Waals surface area contributed by atoms with Gasteiger partial charge in [-0.1, -0.05) is 34.9 Å². The summed E-state index contributed by atoms with van der Waals surface area (Å²) >= 11 is 3.11. The fraction of sp³-hybridized carbons (Fsp3) is 0.231. The third kappa shape index (κ3) is 6.35. The molecule has 0 unspecified atom stereocenters. The molecule has 0 saturated heterocycles. The maximum atomic E-state index is 13.1. The van der Waals surface area contributed by atoms with Gasteiger partial charge in [0.1, 0.15) is 0 Å². The molecule has 0 aliphatic carbocycles. The predicted octanol–water partition coefficient (Wildman–Crippen LogP) is 2.77. The molecule has 0 bridgehead atoms. The van der Waals surface area contributed by atoms with E-state index < -0.39 is 39.9 Å². The van der Waals surface area contributed by atoms with Crippen LogP contribution in [0.5, 0.6) is 0 Å². The molecule has 28 heavy (non-hydrogen) atoms. The maximum absolute atomic E-state index is 13.1. The highest BCUT2D eigenvalue weighted by atomic mass is 32.2. The van der Waals surface area contributed by atoms with Gasteiger partial charge in [-0.2, -0.15) is 13.2 Å². The minimum Gasteiger partial charge on any atom is -0.369 e. The third-order valence-corrected chi connectivity index (χ3v) is 6.06. The number of anilines is 1. The Morgan fingerprint density at radius 1 is 1.21 bits per heavy atom. The zero-order valence-corrected chi connectivity index (χ0v) is 16.0. The van der Waals surface area contributed by atoms with Crippen LogP contribution in [-0.4, -0.2) is 38.4 Å². The first-order valence-electron chi connectivity index (χ1n) is 7.09. The Morgan fingerprint density at radius 2 is 1.82 bits per heavy atom. The Hall–Kier alpha value is -2.39. The highest BCUT2D eigenvalue weighted by Crippen LogP contribution is 2.37. The van der Waals surface area contributed by atoms with Crippen molar-refractivity contribution in [3.05, 3.63) is 33.9 Å². The van der Waals surface area contributed by atoms with E-state index in [0.29, 0.717) is 14.7 Å². The predicted molar refractivity (Wildman–Crippen MR) is 97.3 cm³/mol. The van der Waals surface area contributed by atoms with Crippen LogP contribution in [0, 0.1) is 10.1 Å². The van der Waals surface area contributed by atoms with Crippen LogP contribution < -0.4 is 11.1 Å². The molecule has 2 aromatic rings. The lowest BCUT2D eigenvalue weighted by Crippen LogP contribution is -2.18. The summed E-state index contributed by atoms with van der Waals surface area (Å²) in [6.07, 6.45) is -4.88. The average Bonchev–Trinajstić information content (AvgIpc) is 3.05. The van der Waals surface area contributed by atoms with Gasteiger partial charge in [0.15, 0.2) is 8.68 Å². The smallest absolute Gasteiger partial charge is 0.369 e. The van der Waals surface area contributed by atoms with Crippen molar-refractivity contribution in [1.82, 2.24) is 10.2 Å². The second kappa shape index (κ2) is 9.20. The number of nitro groups is 1.